The second-order valence-electron chi connectivity index (χ2n) is 3.99. The predicted octanol–water partition coefficient (Wildman–Crippen LogP) is 2.26. The Balaban J connectivity index is 2.88. The molecule has 2 N–H and O–H groups in total. The highest BCUT2D eigenvalue weighted by atomic mass is 19.1. The van der Waals surface area contributed by atoms with Crippen LogP contribution in [-0.4, -0.2) is 17.0 Å². The number of hydrogen-bond acceptors (Lipinski definition) is 2. The van der Waals surface area contributed by atoms with Crippen molar-refractivity contribution < 1.29 is 19.1 Å². The Morgan fingerprint density at radius 1 is 1.39 bits per heavy atom. The lowest BCUT2D eigenvalue weighted by Gasteiger charge is -2.17. The van der Waals surface area contributed by atoms with Crippen LogP contribution in [0.2, 0.25) is 0 Å². The number of carbonyl (C=O) groups excluding carboxylic acids is 1. The number of benzene rings is 1. The van der Waals surface area contributed by atoms with Gasteiger partial charge in [0, 0.05) is 12.0 Å². The summed E-state index contributed by atoms with van der Waals surface area (Å²) in [5.74, 6) is -1.87. The van der Waals surface area contributed by atoms with Gasteiger partial charge >= 0.3 is 5.97 Å². The Bertz CT molecular complexity index is 434. The topological polar surface area (TPSA) is 66.4 Å². The first-order chi connectivity index (χ1) is 8.54. The number of nitrogens with one attached hydrogen (secondary N) is 1. The number of halogens is 1. The average molecular weight is 253 g/mol. The number of carboxylic acids is 1. The lowest BCUT2D eigenvalue weighted by atomic mass is 10.0. The minimum absolute atomic E-state index is 0.198. The molecule has 0 spiro atoms. The molecule has 0 bridgehead atoms. The summed E-state index contributed by atoms with van der Waals surface area (Å²) in [7, 11) is 0. The van der Waals surface area contributed by atoms with Gasteiger partial charge < -0.3 is 10.4 Å². The van der Waals surface area contributed by atoms with Crippen LogP contribution < -0.4 is 5.32 Å². The van der Waals surface area contributed by atoms with Crippen molar-refractivity contribution in [1.82, 2.24) is 5.32 Å². The molecule has 0 aliphatic carbocycles. The van der Waals surface area contributed by atoms with Crippen LogP contribution in [0.25, 0.3) is 0 Å². The maximum absolute atomic E-state index is 13.6. The molecule has 98 valence electrons. The number of carbonyl (C=O) groups is 2. The summed E-state index contributed by atoms with van der Waals surface area (Å²) in [6.07, 6.45) is 0.615. The van der Waals surface area contributed by atoms with E-state index in [1.165, 1.54) is 18.2 Å². The lowest BCUT2D eigenvalue weighted by molar-refractivity contribution is -0.137. The molecule has 1 amide bonds. The van der Waals surface area contributed by atoms with Crippen molar-refractivity contribution in [2.24, 2.45) is 0 Å². The molecule has 18 heavy (non-hydrogen) atoms. The van der Waals surface area contributed by atoms with E-state index in [1.807, 2.05) is 6.92 Å². The van der Waals surface area contributed by atoms with E-state index in [1.54, 1.807) is 6.07 Å². The van der Waals surface area contributed by atoms with E-state index in [2.05, 4.69) is 5.32 Å². The predicted molar refractivity (Wildman–Crippen MR) is 64.4 cm³/mol. The quantitative estimate of drug-likeness (QED) is 0.817. The summed E-state index contributed by atoms with van der Waals surface area (Å²) in [6.45, 7) is 1.84. The first kappa shape index (κ1) is 14.2. The third kappa shape index (κ3) is 4.16. The molecule has 1 atom stereocenters. The van der Waals surface area contributed by atoms with Crippen molar-refractivity contribution in [2.75, 3.05) is 0 Å². The van der Waals surface area contributed by atoms with Gasteiger partial charge in [-0.2, -0.15) is 0 Å². The molecule has 0 heterocycles. The van der Waals surface area contributed by atoms with Crippen molar-refractivity contribution in [1.29, 1.82) is 0 Å². The Morgan fingerprint density at radius 3 is 2.61 bits per heavy atom. The maximum atomic E-state index is 13.6. The minimum atomic E-state index is -1.08. The molecule has 4 nitrogen and oxygen atoms in total. The van der Waals surface area contributed by atoms with Gasteiger partial charge in [-0.05, 0) is 12.5 Å². The summed E-state index contributed by atoms with van der Waals surface area (Å²) in [5.41, 5.74) is 0.198. The van der Waals surface area contributed by atoms with E-state index in [9.17, 15) is 14.0 Å². The molecule has 0 saturated carbocycles. The normalized spacial score (nSPS) is 11.9. The highest BCUT2D eigenvalue weighted by Crippen LogP contribution is 2.20. The van der Waals surface area contributed by atoms with Crippen molar-refractivity contribution in [3.8, 4) is 0 Å². The van der Waals surface area contributed by atoms with Gasteiger partial charge in [0.15, 0.2) is 0 Å². The molecule has 0 saturated heterocycles. The Kier molecular flexibility index (Phi) is 5.30. The van der Waals surface area contributed by atoms with Gasteiger partial charge in [0.05, 0.1) is 12.5 Å². The zero-order valence-corrected chi connectivity index (χ0v) is 10.1. The van der Waals surface area contributed by atoms with Crippen LogP contribution >= 0.6 is 0 Å². The van der Waals surface area contributed by atoms with Gasteiger partial charge in [-0.25, -0.2) is 4.39 Å². The minimum Gasteiger partial charge on any atom is -0.481 e. The molecule has 1 unspecified atom stereocenters. The molecule has 0 radical (unpaired) electrons. The van der Waals surface area contributed by atoms with Crippen molar-refractivity contribution in [3.05, 3.63) is 35.6 Å². The summed E-state index contributed by atoms with van der Waals surface area (Å²) < 4.78 is 13.6. The molecule has 0 aliphatic heterocycles. The number of rotatable bonds is 6. The number of aliphatic carboxylic acids is 1. The fourth-order valence-electron chi connectivity index (χ4n) is 1.66. The third-order valence-electron chi connectivity index (χ3n) is 2.47. The molecule has 0 fully saturated rings. The van der Waals surface area contributed by atoms with Crippen LogP contribution in [-0.2, 0) is 9.59 Å². The molecule has 0 aromatic heterocycles. The zero-order valence-electron chi connectivity index (χ0n) is 10.1. The van der Waals surface area contributed by atoms with Gasteiger partial charge in [0.25, 0.3) is 0 Å². The van der Waals surface area contributed by atoms with Gasteiger partial charge in [0.1, 0.15) is 5.82 Å². The monoisotopic (exact) mass is 253 g/mol. The Hall–Kier alpha value is -1.91. The Morgan fingerprint density at radius 2 is 2.06 bits per heavy atom. The van der Waals surface area contributed by atoms with Crippen LogP contribution in [0, 0.1) is 5.82 Å². The largest absolute Gasteiger partial charge is 0.481 e. The van der Waals surface area contributed by atoms with Crippen LogP contribution in [0.4, 0.5) is 4.39 Å². The van der Waals surface area contributed by atoms with Crippen LogP contribution in [0.3, 0.4) is 0 Å². The van der Waals surface area contributed by atoms with Crippen molar-refractivity contribution >= 4 is 11.9 Å². The lowest BCUT2D eigenvalue weighted by Crippen LogP contribution is -2.30. The molecule has 1 rings (SSSR count). The number of amides is 1. The summed E-state index contributed by atoms with van der Waals surface area (Å²) in [6, 6.07) is 5.03. The van der Waals surface area contributed by atoms with Gasteiger partial charge in [0.2, 0.25) is 5.91 Å². The first-order valence-electron chi connectivity index (χ1n) is 5.80. The fraction of sp³-hybridized carbons (Fsp3) is 0.385. The molecular weight excluding hydrogens is 237 g/mol. The van der Waals surface area contributed by atoms with E-state index in [-0.39, 0.29) is 17.9 Å². The molecule has 0 aliphatic rings. The summed E-state index contributed by atoms with van der Waals surface area (Å²) in [4.78, 5) is 22.3. The van der Waals surface area contributed by atoms with E-state index < -0.39 is 17.8 Å². The SMILES string of the molecule is CCCC(=O)NC(CC(=O)O)c1ccccc1F. The van der Waals surface area contributed by atoms with Crippen LogP contribution in [0.5, 0.6) is 0 Å². The highest BCUT2D eigenvalue weighted by molar-refractivity contribution is 5.77. The highest BCUT2D eigenvalue weighted by Gasteiger charge is 2.20. The van der Waals surface area contributed by atoms with Crippen LogP contribution in [0.15, 0.2) is 24.3 Å². The van der Waals surface area contributed by atoms with E-state index in [0.29, 0.717) is 12.8 Å². The third-order valence-corrected chi connectivity index (χ3v) is 2.47. The second-order valence-corrected chi connectivity index (χ2v) is 3.99. The summed E-state index contributed by atoms with van der Waals surface area (Å²) in [5, 5.41) is 11.4. The van der Waals surface area contributed by atoms with Gasteiger partial charge in [-0.1, -0.05) is 25.1 Å². The Labute approximate surface area is 105 Å². The fourth-order valence-corrected chi connectivity index (χ4v) is 1.66. The first-order valence-corrected chi connectivity index (χ1v) is 5.80. The van der Waals surface area contributed by atoms with Crippen LogP contribution in [0.1, 0.15) is 37.8 Å². The molecule has 1 aromatic carbocycles. The van der Waals surface area contributed by atoms with Gasteiger partial charge in [-0.15, -0.1) is 0 Å². The zero-order chi connectivity index (χ0) is 13.5. The van der Waals surface area contributed by atoms with E-state index >= 15 is 0 Å². The molecule has 5 heteroatoms. The molecule has 1 aromatic rings. The van der Waals surface area contributed by atoms with Crippen molar-refractivity contribution in [2.45, 2.75) is 32.2 Å². The second kappa shape index (κ2) is 6.74. The average Bonchev–Trinajstić information content (AvgIpc) is 2.28. The summed E-state index contributed by atoms with van der Waals surface area (Å²) >= 11 is 0. The van der Waals surface area contributed by atoms with E-state index in [0.717, 1.165) is 0 Å². The number of carboxylic acid groups (broad SMARTS) is 1. The van der Waals surface area contributed by atoms with Gasteiger partial charge in [-0.3, -0.25) is 9.59 Å². The standard InChI is InChI=1S/C13H16FNO3/c1-2-5-12(16)15-11(8-13(17)18)9-6-3-4-7-10(9)14/h3-4,6-7,11H,2,5,8H2,1H3,(H,15,16)(H,17,18). The molecular formula is C13H16FNO3. The smallest absolute Gasteiger partial charge is 0.305 e. The van der Waals surface area contributed by atoms with Crippen molar-refractivity contribution in [3.63, 3.8) is 0 Å². The van der Waals surface area contributed by atoms with E-state index in [4.69, 9.17) is 5.11 Å². The number of hydrogen-bond donors (Lipinski definition) is 2. The maximum Gasteiger partial charge on any atom is 0.305 e.